The van der Waals surface area contributed by atoms with Crippen molar-refractivity contribution in [3.63, 3.8) is 0 Å². The fourth-order valence-electron chi connectivity index (χ4n) is 1.39. The number of hydrogen-bond donors (Lipinski definition) is 0. The second-order valence-electron chi connectivity index (χ2n) is 3.79. The van der Waals surface area contributed by atoms with Gasteiger partial charge in [0.2, 0.25) is 0 Å². The Morgan fingerprint density at radius 3 is 2.29 bits per heavy atom. The fourth-order valence-corrected chi connectivity index (χ4v) is 3.69. The Kier molecular flexibility index (Phi) is 3.26. The van der Waals surface area contributed by atoms with E-state index in [0.717, 1.165) is 10.6 Å². The van der Waals surface area contributed by atoms with Gasteiger partial charge >= 0.3 is 0 Å². The van der Waals surface area contributed by atoms with Crippen LogP contribution in [0.15, 0.2) is 29.2 Å². The predicted octanol–water partition coefficient (Wildman–Crippen LogP) is 2.13. The van der Waals surface area contributed by atoms with Gasteiger partial charge in [0.05, 0.1) is 4.90 Å². The van der Waals surface area contributed by atoms with E-state index >= 15 is 0 Å². The zero-order valence-corrected chi connectivity index (χ0v) is 11.2. The maximum absolute atomic E-state index is 12.1. The lowest BCUT2D eigenvalue weighted by molar-refractivity contribution is 0.595. The fraction of sp³-hybridized carbons (Fsp3) is 0.273. The Bertz CT molecular complexity index is 615. The molecule has 6 heteroatoms. The van der Waals surface area contributed by atoms with E-state index in [4.69, 9.17) is 0 Å². The largest absolute Gasteiger partial charge is 0.223 e. The van der Waals surface area contributed by atoms with Crippen molar-refractivity contribution >= 4 is 21.2 Å². The highest BCUT2D eigenvalue weighted by atomic mass is 32.2. The lowest BCUT2D eigenvalue weighted by Gasteiger charge is -2.02. The molecule has 0 atom stereocenters. The molecule has 1 aromatic carbocycles. The van der Waals surface area contributed by atoms with Gasteiger partial charge in [0.1, 0.15) is 15.8 Å². The van der Waals surface area contributed by atoms with Crippen LogP contribution in [0.3, 0.4) is 0 Å². The molecule has 0 aliphatic heterocycles. The minimum absolute atomic E-state index is 0.0818. The first-order valence-corrected chi connectivity index (χ1v) is 7.53. The van der Waals surface area contributed by atoms with E-state index < -0.39 is 9.84 Å². The van der Waals surface area contributed by atoms with Gasteiger partial charge in [0.15, 0.2) is 9.84 Å². The van der Waals surface area contributed by atoms with E-state index in [-0.39, 0.29) is 5.75 Å². The Labute approximate surface area is 104 Å². The normalized spacial score (nSPS) is 11.6. The highest BCUT2D eigenvalue weighted by molar-refractivity contribution is 7.90. The molecule has 0 fully saturated rings. The summed E-state index contributed by atoms with van der Waals surface area (Å²) in [6.45, 7) is 3.73. The van der Waals surface area contributed by atoms with Crippen LogP contribution in [0.25, 0.3) is 0 Å². The maximum Gasteiger partial charge on any atom is 0.184 e. The molecular formula is C11H12N2O2S2. The van der Waals surface area contributed by atoms with Crippen LogP contribution >= 0.6 is 11.3 Å². The van der Waals surface area contributed by atoms with Crippen LogP contribution in [0.2, 0.25) is 0 Å². The van der Waals surface area contributed by atoms with Crippen molar-refractivity contribution in [2.24, 2.45) is 0 Å². The summed E-state index contributed by atoms with van der Waals surface area (Å²) < 4.78 is 24.1. The lowest BCUT2D eigenvalue weighted by Crippen LogP contribution is -2.04. The number of nitrogens with zero attached hydrogens (tertiary/aromatic N) is 2. The Morgan fingerprint density at radius 1 is 1.12 bits per heavy atom. The Balaban J connectivity index is 2.28. The van der Waals surface area contributed by atoms with Crippen LogP contribution in [-0.2, 0) is 15.6 Å². The van der Waals surface area contributed by atoms with E-state index in [2.05, 4.69) is 10.2 Å². The molecule has 90 valence electrons. The molecule has 17 heavy (non-hydrogen) atoms. The standard InChI is InChI=1S/C11H12N2O2S2/c1-8-3-5-10(6-4-8)17(14,15)7-11-13-12-9(2)16-11/h3-6H,7H2,1-2H3. The van der Waals surface area contributed by atoms with Gasteiger partial charge in [0, 0.05) is 0 Å². The second-order valence-corrected chi connectivity index (χ2v) is 7.04. The molecule has 0 amide bonds. The molecule has 0 N–H and O–H groups in total. The Morgan fingerprint density at radius 2 is 1.76 bits per heavy atom. The van der Waals surface area contributed by atoms with Crippen molar-refractivity contribution in [2.75, 3.05) is 0 Å². The minimum atomic E-state index is -3.31. The van der Waals surface area contributed by atoms with E-state index in [1.165, 1.54) is 11.3 Å². The average molecular weight is 268 g/mol. The highest BCUT2D eigenvalue weighted by Crippen LogP contribution is 2.18. The summed E-state index contributed by atoms with van der Waals surface area (Å²) in [5, 5.41) is 8.95. The summed E-state index contributed by atoms with van der Waals surface area (Å²) in [6.07, 6.45) is 0. The van der Waals surface area contributed by atoms with Crippen LogP contribution in [0, 0.1) is 13.8 Å². The summed E-state index contributed by atoms with van der Waals surface area (Å²) in [7, 11) is -3.31. The molecule has 0 aliphatic rings. The van der Waals surface area contributed by atoms with Crippen LogP contribution in [0.5, 0.6) is 0 Å². The summed E-state index contributed by atoms with van der Waals surface area (Å²) in [5.74, 6) is -0.0818. The quantitative estimate of drug-likeness (QED) is 0.855. The number of benzene rings is 1. The molecule has 2 aromatic rings. The molecule has 4 nitrogen and oxygen atoms in total. The molecular weight excluding hydrogens is 256 g/mol. The number of aromatic nitrogens is 2. The maximum atomic E-state index is 12.1. The van der Waals surface area contributed by atoms with Gasteiger partial charge in [-0.05, 0) is 26.0 Å². The summed E-state index contributed by atoms with van der Waals surface area (Å²) in [5.41, 5.74) is 1.04. The molecule has 0 spiro atoms. The highest BCUT2D eigenvalue weighted by Gasteiger charge is 2.17. The molecule has 0 radical (unpaired) electrons. The van der Waals surface area contributed by atoms with Crippen molar-refractivity contribution in [3.05, 3.63) is 39.8 Å². The van der Waals surface area contributed by atoms with Gasteiger partial charge < -0.3 is 0 Å². The first-order valence-electron chi connectivity index (χ1n) is 5.06. The van der Waals surface area contributed by atoms with Crippen molar-refractivity contribution in [3.8, 4) is 0 Å². The number of aryl methyl sites for hydroxylation is 2. The van der Waals surface area contributed by atoms with E-state index in [9.17, 15) is 8.42 Å². The number of sulfone groups is 1. The number of hydrogen-bond acceptors (Lipinski definition) is 5. The van der Waals surface area contributed by atoms with Gasteiger partial charge in [-0.1, -0.05) is 17.7 Å². The first-order chi connectivity index (χ1) is 7.97. The van der Waals surface area contributed by atoms with Gasteiger partial charge in [-0.15, -0.1) is 21.5 Å². The summed E-state index contributed by atoms with van der Waals surface area (Å²) in [4.78, 5) is 0.330. The van der Waals surface area contributed by atoms with Gasteiger partial charge in [-0.25, -0.2) is 8.42 Å². The monoisotopic (exact) mass is 268 g/mol. The van der Waals surface area contributed by atoms with E-state index in [0.29, 0.717) is 9.90 Å². The van der Waals surface area contributed by atoms with Gasteiger partial charge in [-0.2, -0.15) is 0 Å². The van der Waals surface area contributed by atoms with Crippen molar-refractivity contribution in [1.82, 2.24) is 10.2 Å². The van der Waals surface area contributed by atoms with Crippen molar-refractivity contribution in [1.29, 1.82) is 0 Å². The first kappa shape index (κ1) is 12.2. The zero-order valence-electron chi connectivity index (χ0n) is 9.54. The molecule has 0 unspecified atom stereocenters. The third-order valence-electron chi connectivity index (χ3n) is 2.26. The molecule has 0 saturated carbocycles. The van der Waals surface area contributed by atoms with Crippen molar-refractivity contribution < 1.29 is 8.42 Å². The third kappa shape index (κ3) is 2.89. The lowest BCUT2D eigenvalue weighted by atomic mass is 10.2. The van der Waals surface area contributed by atoms with Crippen LogP contribution in [-0.4, -0.2) is 18.6 Å². The van der Waals surface area contributed by atoms with E-state index in [1.807, 2.05) is 6.92 Å². The topological polar surface area (TPSA) is 59.9 Å². The van der Waals surface area contributed by atoms with Gasteiger partial charge in [0.25, 0.3) is 0 Å². The smallest absolute Gasteiger partial charge is 0.184 e. The molecule has 2 rings (SSSR count). The van der Waals surface area contributed by atoms with E-state index in [1.54, 1.807) is 31.2 Å². The molecule has 1 aromatic heterocycles. The van der Waals surface area contributed by atoms with Gasteiger partial charge in [-0.3, -0.25) is 0 Å². The minimum Gasteiger partial charge on any atom is -0.223 e. The molecule has 0 saturated heterocycles. The third-order valence-corrected chi connectivity index (χ3v) is 4.93. The summed E-state index contributed by atoms with van der Waals surface area (Å²) >= 11 is 1.31. The average Bonchev–Trinajstić information content (AvgIpc) is 2.63. The Hall–Kier alpha value is -1.27. The molecule has 0 aliphatic carbocycles. The second kappa shape index (κ2) is 4.54. The van der Waals surface area contributed by atoms with Crippen LogP contribution in [0.4, 0.5) is 0 Å². The SMILES string of the molecule is Cc1ccc(S(=O)(=O)Cc2nnc(C)s2)cc1. The summed E-state index contributed by atoms with van der Waals surface area (Å²) in [6, 6.07) is 6.83. The molecule has 0 bridgehead atoms. The number of rotatable bonds is 3. The zero-order chi connectivity index (χ0) is 12.5. The molecule has 1 heterocycles. The van der Waals surface area contributed by atoms with Crippen LogP contribution < -0.4 is 0 Å². The van der Waals surface area contributed by atoms with Crippen molar-refractivity contribution in [2.45, 2.75) is 24.5 Å². The predicted molar refractivity (Wildman–Crippen MR) is 66.7 cm³/mol. The van der Waals surface area contributed by atoms with Crippen LogP contribution in [0.1, 0.15) is 15.6 Å².